The molecular weight excluding hydrogens is 284 g/mol. The highest BCUT2D eigenvalue weighted by molar-refractivity contribution is 5.91. The first-order chi connectivity index (χ1) is 10.5. The first-order valence-corrected chi connectivity index (χ1v) is 6.75. The highest BCUT2D eigenvalue weighted by atomic mass is 16.5. The molecule has 0 aliphatic carbocycles. The topological polar surface area (TPSA) is 72.8 Å². The summed E-state index contributed by atoms with van der Waals surface area (Å²) in [6.45, 7) is 2.06. The summed E-state index contributed by atoms with van der Waals surface area (Å²) in [6.07, 6.45) is 0. The number of hydrogen-bond acceptors (Lipinski definition) is 4. The van der Waals surface area contributed by atoms with E-state index in [1.165, 1.54) is 13.2 Å². The molecule has 5 nitrogen and oxygen atoms in total. The summed E-state index contributed by atoms with van der Waals surface area (Å²) >= 11 is 0. The molecule has 0 bridgehead atoms. The molecule has 0 fully saturated rings. The lowest BCUT2D eigenvalue weighted by Crippen LogP contribution is -2.04. The Bertz CT molecular complexity index is 689. The Morgan fingerprint density at radius 1 is 1.00 bits per heavy atom. The average Bonchev–Trinajstić information content (AvgIpc) is 2.54. The molecule has 0 aliphatic rings. The first-order valence-electron chi connectivity index (χ1n) is 6.75. The van der Waals surface area contributed by atoms with Gasteiger partial charge in [-0.3, -0.25) is 0 Å². The standard InChI is InChI=1S/C17H16O5/c1-3-22-17(20)12-6-4-11(5-7-12)13-8-14(16(18)19)10-15(9-13)21-2/h4-10H,3H2,1-2H3,(H,18,19). The van der Waals surface area contributed by atoms with Crippen molar-refractivity contribution in [3.05, 3.63) is 53.6 Å². The maximum atomic E-state index is 11.6. The van der Waals surface area contributed by atoms with Gasteiger partial charge in [-0.2, -0.15) is 0 Å². The molecule has 0 spiro atoms. The lowest BCUT2D eigenvalue weighted by atomic mass is 10.0. The van der Waals surface area contributed by atoms with Gasteiger partial charge >= 0.3 is 11.9 Å². The third kappa shape index (κ3) is 3.44. The van der Waals surface area contributed by atoms with Crippen molar-refractivity contribution in [3.63, 3.8) is 0 Å². The highest BCUT2D eigenvalue weighted by Gasteiger charge is 2.10. The van der Waals surface area contributed by atoms with Crippen LogP contribution < -0.4 is 4.74 Å². The van der Waals surface area contributed by atoms with Crippen LogP contribution in [0.5, 0.6) is 5.75 Å². The lowest BCUT2D eigenvalue weighted by Gasteiger charge is -2.08. The molecule has 0 saturated carbocycles. The van der Waals surface area contributed by atoms with Crippen LogP contribution in [0.3, 0.4) is 0 Å². The molecule has 0 aromatic heterocycles. The van der Waals surface area contributed by atoms with E-state index in [4.69, 9.17) is 14.6 Å². The number of carbonyl (C=O) groups excluding carboxylic acids is 1. The smallest absolute Gasteiger partial charge is 0.338 e. The molecular formula is C17H16O5. The number of benzene rings is 2. The van der Waals surface area contributed by atoms with E-state index in [9.17, 15) is 9.59 Å². The van der Waals surface area contributed by atoms with Gasteiger partial charge in [-0.05, 0) is 48.4 Å². The van der Waals surface area contributed by atoms with E-state index in [2.05, 4.69) is 0 Å². The van der Waals surface area contributed by atoms with Crippen LogP contribution in [0, 0.1) is 0 Å². The van der Waals surface area contributed by atoms with Crippen LogP contribution in [-0.4, -0.2) is 30.8 Å². The third-order valence-corrected chi connectivity index (χ3v) is 3.12. The second-order valence-corrected chi connectivity index (χ2v) is 4.55. The fourth-order valence-corrected chi connectivity index (χ4v) is 2.02. The molecule has 2 aromatic rings. The summed E-state index contributed by atoms with van der Waals surface area (Å²) in [4.78, 5) is 22.8. The van der Waals surface area contributed by atoms with Crippen LogP contribution in [0.2, 0.25) is 0 Å². The second kappa shape index (κ2) is 6.76. The van der Waals surface area contributed by atoms with Gasteiger partial charge in [0.05, 0.1) is 24.8 Å². The van der Waals surface area contributed by atoms with Crippen LogP contribution in [0.25, 0.3) is 11.1 Å². The SMILES string of the molecule is CCOC(=O)c1ccc(-c2cc(OC)cc(C(=O)O)c2)cc1. The van der Waals surface area contributed by atoms with Crippen molar-refractivity contribution in [1.29, 1.82) is 0 Å². The molecule has 0 amide bonds. The number of hydrogen-bond donors (Lipinski definition) is 1. The molecule has 22 heavy (non-hydrogen) atoms. The van der Waals surface area contributed by atoms with Crippen molar-refractivity contribution in [2.75, 3.05) is 13.7 Å². The Hall–Kier alpha value is -2.82. The Balaban J connectivity index is 2.37. The lowest BCUT2D eigenvalue weighted by molar-refractivity contribution is 0.0526. The van der Waals surface area contributed by atoms with E-state index >= 15 is 0 Å². The van der Waals surface area contributed by atoms with Crippen molar-refractivity contribution in [1.82, 2.24) is 0 Å². The number of methoxy groups -OCH3 is 1. The summed E-state index contributed by atoms with van der Waals surface area (Å²) in [5.41, 5.74) is 2.08. The number of esters is 1. The molecule has 2 aromatic carbocycles. The average molecular weight is 300 g/mol. The van der Waals surface area contributed by atoms with Gasteiger partial charge < -0.3 is 14.6 Å². The first kappa shape index (κ1) is 15.6. The quantitative estimate of drug-likeness (QED) is 0.858. The van der Waals surface area contributed by atoms with E-state index in [0.29, 0.717) is 23.5 Å². The minimum atomic E-state index is -1.02. The number of carboxylic acid groups (broad SMARTS) is 1. The summed E-state index contributed by atoms with van der Waals surface area (Å²) in [5.74, 6) is -0.946. The fourth-order valence-electron chi connectivity index (χ4n) is 2.02. The van der Waals surface area contributed by atoms with Crippen LogP contribution in [0.15, 0.2) is 42.5 Å². The molecule has 0 saturated heterocycles. The number of aromatic carboxylic acids is 1. The van der Waals surface area contributed by atoms with Crippen molar-refractivity contribution in [2.45, 2.75) is 6.92 Å². The second-order valence-electron chi connectivity index (χ2n) is 4.55. The van der Waals surface area contributed by atoms with Crippen LogP contribution in [-0.2, 0) is 4.74 Å². The van der Waals surface area contributed by atoms with E-state index in [1.54, 1.807) is 43.3 Å². The van der Waals surface area contributed by atoms with Crippen molar-refractivity contribution < 1.29 is 24.2 Å². The monoisotopic (exact) mass is 300 g/mol. The van der Waals surface area contributed by atoms with Gasteiger partial charge in [-0.1, -0.05) is 12.1 Å². The Labute approximate surface area is 128 Å². The number of carboxylic acids is 1. The van der Waals surface area contributed by atoms with Crippen molar-refractivity contribution >= 4 is 11.9 Å². The van der Waals surface area contributed by atoms with E-state index in [-0.39, 0.29) is 11.5 Å². The maximum absolute atomic E-state index is 11.6. The van der Waals surface area contributed by atoms with Gasteiger partial charge in [0, 0.05) is 0 Å². The van der Waals surface area contributed by atoms with Crippen LogP contribution in [0.4, 0.5) is 0 Å². The van der Waals surface area contributed by atoms with Gasteiger partial charge in [-0.25, -0.2) is 9.59 Å². The number of carbonyl (C=O) groups is 2. The Kier molecular flexibility index (Phi) is 4.78. The molecule has 114 valence electrons. The third-order valence-electron chi connectivity index (χ3n) is 3.12. The predicted molar refractivity (Wildman–Crippen MR) is 81.3 cm³/mol. The van der Waals surface area contributed by atoms with Gasteiger partial charge in [0.2, 0.25) is 0 Å². The van der Waals surface area contributed by atoms with Gasteiger partial charge in [0.25, 0.3) is 0 Å². The van der Waals surface area contributed by atoms with Crippen molar-refractivity contribution in [2.24, 2.45) is 0 Å². The Morgan fingerprint density at radius 3 is 2.23 bits per heavy atom. The fraction of sp³-hybridized carbons (Fsp3) is 0.176. The largest absolute Gasteiger partial charge is 0.497 e. The van der Waals surface area contributed by atoms with Crippen molar-refractivity contribution in [3.8, 4) is 16.9 Å². The summed E-state index contributed by atoms with van der Waals surface area (Å²) < 4.78 is 10.0. The minimum absolute atomic E-state index is 0.142. The zero-order chi connectivity index (χ0) is 16.1. The van der Waals surface area contributed by atoms with Gasteiger partial charge in [0.15, 0.2) is 0 Å². The number of ether oxygens (including phenoxy) is 2. The van der Waals surface area contributed by atoms with E-state index < -0.39 is 5.97 Å². The molecule has 0 radical (unpaired) electrons. The molecule has 2 rings (SSSR count). The van der Waals surface area contributed by atoms with Gasteiger partial charge in [0.1, 0.15) is 5.75 Å². The minimum Gasteiger partial charge on any atom is -0.497 e. The number of rotatable bonds is 5. The molecule has 0 unspecified atom stereocenters. The normalized spacial score (nSPS) is 10.1. The maximum Gasteiger partial charge on any atom is 0.338 e. The molecule has 1 N–H and O–H groups in total. The predicted octanol–water partition coefficient (Wildman–Crippen LogP) is 3.24. The summed E-state index contributed by atoms with van der Waals surface area (Å²) in [6, 6.07) is 11.5. The van der Waals surface area contributed by atoms with Crippen LogP contribution in [0.1, 0.15) is 27.6 Å². The molecule has 5 heteroatoms. The van der Waals surface area contributed by atoms with Crippen LogP contribution >= 0.6 is 0 Å². The zero-order valence-corrected chi connectivity index (χ0v) is 12.3. The van der Waals surface area contributed by atoms with E-state index in [1.807, 2.05) is 0 Å². The molecule has 0 atom stereocenters. The Morgan fingerprint density at radius 2 is 1.68 bits per heavy atom. The highest BCUT2D eigenvalue weighted by Crippen LogP contribution is 2.26. The van der Waals surface area contributed by atoms with Gasteiger partial charge in [-0.15, -0.1) is 0 Å². The molecule has 0 aliphatic heterocycles. The summed E-state index contributed by atoms with van der Waals surface area (Å²) in [7, 11) is 1.48. The van der Waals surface area contributed by atoms with E-state index in [0.717, 1.165) is 5.56 Å². The molecule has 0 heterocycles. The zero-order valence-electron chi connectivity index (χ0n) is 12.3. The summed E-state index contributed by atoms with van der Waals surface area (Å²) in [5, 5.41) is 9.14.